The van der Waals surface area contributed by atoms with Gasteiger partial charge in [-0.25, -0.2) is 0 Å². The van der Waals surface area contributed by atoms with Gasteiger partial charge in [-0.3, -0.25) is 0 Å². The third kappa shape index (κ3) is 2.75. The number of benzene rings is 1. The zero-order chi connectivity index (χ0) is 13.8. The molecule has 0 aliphatic carbocycles. The lowest BCUT2D eigenvalue weighted by Crippen LogP contribution is -2.50. The predicted molar refractivity (Wildman–Crippen MR) is 69.8 cm³/mol. The van der Waals surface area contributed by atoms with Crippen LogP contribution in [0.4, 0.5) is 0 Å². The molecule has 5 heteroatoms. The molecule has 0 unspecified atom stereocenters. The van der Waals surface area contributed by atoms with Crippen molar-refractivity contribution in [2.45, 2.75) is 24.6 Å². The van der Waals surface area contributed by atoms with Crippen LogP contribution in [0.2, 0.25) is 0 Å². The number of aldehydes is 1. The fourth-order valence-corrected chi connectivity index (χ4v) is 2.37. The third-order valence-corrected chi connectivity index (χ3v) is 3.33. The predicted octanol–water partition coefficient (Wildman–Crippen LogP) is 1.60. The second kappa shape index (κ2) is 6.17. The SMILES string of the molecule is O=CCO[C@H]1C=CO[C@@H]2CO[C@@H](c3ccccc3)O[C@@H]12. The molecule has 2 aliphatic rings. The molecule has 106 valence electrons. The van der Waals surface area contributed by atoms with Crippen LogP contribution in [0.1, 0.15) is 11.9 Å². The Hall–Kier alpha value is -1.69. The molecule has 20 heavy (non-hydrogen) atoms. The van der Waals surface area contributed by atoms with Crippen LogP contribution in [-0.2, 0) is 23.7 Å². The minimum atomic E-state index is -0.435. The van der Waals surface area contributed by atoms with Crippen LogP contribution in [0.5, 0.6) is 0 Å². The van der Waals surface area contributed by atoms with Crippen LogP contribution in [0, 0.1) is 0 Å². The summed E-state index contributed by atoms with van der Waals surface area (Å²) in [4.78, 5) is 10.4. The monoisotopic (exact) mass is 276 g/mol. The Labute approximate surface area is 117 Å². The van der Waals surface area contributed by atoms with Gasteiger partial charge in [0.15, 0.2) is 12.4 Å². The summed E-state index contributed by atoms with van der Waals surface area (Å²) in [6.45, 7) is 0.466. The van der Waals surface area contributed by atoms with E-state index in [9.17, 15) is 4.79 Å². The topological polar surface area (TPSA) is 54.0 Å². The molecule has 0 radical (unpaired) electrons. The first-order chi connectivity index (χ1) is 9.88. The van der Waals surface area contributed by atoms with Crippen LogP contribution in [0.15, 0.2) is 42.7 Å². The normalized spacial score (nSPS) is 32.2. The molecule has 0 N–H and O–H groups in total. The average Bonchev–Trinajstić information content (AvgIpc) is 2.53. The van der Waals surface area contributed by atoms with Crippen molar-refractivity contribution in [2.24, 2.45) is 0 Å². The standard InChI is InChI=1S/C15H16O5/c16-7-9-18-12-6-8-17-13-10-19-15(20-14(12)13)11-4-2-1-3-5-11/h1-8,12-15H,9-10H2/t12-,13+,14-,15+/m0/s1. The van der Waals surface area contributed by atoms with Gasteiger partial charge in [-0.05, 0) is 6.08 Å². The van der Waals surface area contributed by atoms with Crippen molar-refractivity contribution in [3.63, 3.8) is 0 Å². The Bertz CT molecular complexity index is 472. The first-order valence-electron chi connectivity index (χ1n) is 6.58. The molecule has 0 bridgehead atoms. The first-order valence-corrected chi connectivity index (χ1v) is 6.58. The van der Waals surface area contributed by atoms with E-state index >= 15 is 0 Å². The zero-order valence-electron chi connectivity index (χ0n) is 10.9. The van der Waals surface area contributed by atoms with Gasteiger partial charge in [-0.15, -0.1) is 0 Å². The lowest BCUT2D eigenvalue weighted by molar-refractivity contribution is -0.279. The number of carbonyl (C=O) groups excluding carboxylic acids is 1. The summed E-state index contributed by atoms with van der Waals surface area (Å²) in [6.07, 6.45) is 2.84. The minimum Gasteiger partial charge on any atom is -0.493 e. The molecule has 1 fully saturated rings. The molecular formula is C15H16O5. The quantitative estimate of drug-likeness (QED) is 0.782. The maximum Gasteiger partial charge on any atom is 0.184 e. The number of carbonyl (C=O) groups is 1. The molecule has 0 spiro atoms. The molecule has 1 aromatic carbocycles. The molecule has 2 heterocycles. The molecule has 0 saturated carbocycles. The molecule has 0 aromatic heterocycles. The Balaban J connectivity index is 1.72. The van der Waals surface area contributed by atoms with Crippen LogP contribution >= 0.6 is 0 Å². The summed E-state index contributed by atoms with van der Waals surface area (Å²) >= 11 is 0. The van der Waals surface area contributed by atoms with Gasteiger partial charge < -0.3 is 23.7 Å². The lowest BCUT2D eigenvalue weighted by atomic mass is 10.0. The van der Waals surface area contributed by atoms with E-state index in [1.54, 1.807) is 12.3 Å². The van der Waals surface area contributed by atoms with Crippen molar-refractivity contribution in [3.8, 4) is 0 Å². The second-order valence-electron chi connectivity index (χ2n) is 4.64. The van der Waals surface area contributed by atoms with E-state index in [2.05, 4.69) is 0 Å². The van der Waals surface area contributed by atoms with Crippen molar-refractivity contribution < 1.29 is 23.7 Å². The van der Waals surface area contributed by atoms with Gasteiger partial charge in [-0.1, -0.05) is 30.3 Å². The highest BCUT2D eigenvalue weighted by Crippen LogP contribution is 2.32. The molecule has 1 aromatic rings. The van der Waals surface area contributed by atoms with Crippen molar-refractivity contribution in [3.05, 3.63) is 48.2 Å². The lowest BCUT2D eigenvalue weighted by Gasteiger charge is -2.40. The summed E-state index contributed by atoms with van der Waals surface area (Å²) in [5, 5.41) is 0. The second-order valence-corrected chi connectivity index (χ2v) is 4.64. The maximum absolute atomic E-state index is 10.4. The smallest absolute Gasteiger partial charge is 0.184 e. The molecular weight excluding hydrogens is 260 g/mol. The van der Waals surface area contributed by atoms with E-state index in [1.165, 1.54) is 0 Å². The fraction of sp³-hybridized carbons (Fsp3) is 0.400. The zero-order valence-corrected chi connectivity index (χ0v) is 10.9. The Morgan fingerprint density at radius 1 is 1.30 bits per heavy atom. The summed E-state index contributed by atoms with van der Waals surface area (Å²) in [5.74, 6) is 0. The van der Waals surface area contributed by atoms with Crippen LogP contribution in [0.3, 0.4) is 0 Å². The van der Waals surface area contributed by atoms with Gasteiger partial charge in [0.2, 0.25) is 0 Å². The van der Waals surface area contributed by atoms with Crippen LogP contribution in [0.25, 0.3) is 0 Å². The van der Waals surface area contributed by atoms with Gasteiger partial charge >= 0.3 is 0 Å². The van der Waals surface area contributed by atoms with Gasteiger partial charge in [0.25, 0.3) is 0 Å². The van der Waals surface area contributed by atoms with Crippen LogP contribution < -0.4 is 0 Å². The molecule has 1 saturated heterocycles. The largest absolute Gasteiger partial charge is 0.493 e. The maximum atomic E-state index is 10.4. The number of hydrogen-bond donors (Lipinski definition) is 0. The Morgan fingerprint density at radius 2 is 2.15 bits per heavy atom. The van der Waals surface area contributed by atoms with Crippen molar-refractivity contribution in [2.75, 3.05) is 13.2 Å². The summed E-state index contributed by atoms with van der Waals surface area (Å²) in [5.41, 5.74) is 0.953. The van der Waals surface area contributed by atoms with E-state index in [1.807, 2.05) is 30.3 Å². The molecule has 2 aliphatic heterocycles. The van der Waals surface area contributed by atoms with Gasteiger partial charge in [0, 0.05) is 5.56 Å². The van der Waals surface area contributed by atoms with Crippen molar-refractivity contribution in [1.82, 2.24) is 0 Å². The highest BCUT2D eigenvalue weighted by Gasteiger charge is 2.40. The first kappa shape index (κ1) is 13.3. The van der Waals surface area contributed by atoms with Gasteiger partial charge in [-0.2, -0.15) is 0 Å². The highest BCUT2D eigenvalue weighted by atomic mass is 16.7. The van der Waals surface area contributed by atoms with E-state index in [0.29, 0.717) is 6.61 Å². The molecule has 3 rings (SSSR count). The number of rotatable bonds is 4. The van der Waals surface area contributed by atoms with E-state index in [0.717, 1.165) is 11.8 Å². The fourth-order valence-electron chi connectivity index (χ4n) is 2.37. The Kier molecular flexibility index (Phi) is 4.11. The highest BCUT2D eigenvalue weighted by molar-refractivity contribution is 5.50. The number of ether oxygens (including phenoxy) is 4. The molecule has 0 amide bonds. The molecule has 4 atom stereocenters. The summed E-state index contributed by atoms with van der Waals surface area (Å²) in [6, 6.07) is 9.72. The van der Waals surface area contributed by atoms with Crippen molar-refractivity contribution in [1.29, 1.82) is 0 Å². The average molecular weight is 276 g/mol. The number of fused-ring (bicyclic) bond motifs is 1. The van der Waals surface area contributed by atoms with Crippen molar-refractivity contribution >= 4 is 6.29 Å². The van der Waals surface area contributed by atoms with E-state index < -0.39 is 6.29 Å². The number of hydrogen-bond acceptors (Lipinski definition) is 5. The van der Waals surface area contributed by atoms with E-state index in [-0.39, 0.29) is 24.9 Å². The molecule has 5 nitrogen and oxygen atoms in total. The summed E-state index contributed by atoms with van der Waals surface area (Å²) < 4.78 is 22.6. The van der Waals surface area contributed by atoms with E-state index in [4.69, 9.17) is 18.9 Å². The van der Waals surface area contributed by atoms with Crippen LogP contribution in [-0.4, -0.2) is 37.8 Å². The van der Waals surface area contributed by atoms with Gasteiger partial charge in [0.1, 0.15) is 25.1 Å². The Morgan fingerprint density at radius 3 is 2.95 bits per heavy atom. The third-order valence-electron chi connectivity index (χ3n) is 3.33. The minimum absolute atomic E-state index is 0.0401. The summed E-state index contributed by atoms with van der Waals surface area (Å²) in [7, 11) is 0. The van der Waals surface area contributed by atoms with Gasteiger partial charge in [0.05, 0.1) is 12.9 Å².